The van der Waals surface area contributed by atoms with Gasteiger partial charge in [-0.25, -0.2) is 0 Å². The Bertz CT molecular complexity index is 670. The van der Waals surface area contributed by atoms with Crippen LogP contribution < -0.4 is 11.1 Å². The maximum atomic E-state index is 12.1. The molecule has 0 bridgehead atoms. The van der Waals surface area contributed by atoms with Gasteiger partial charge in [0.15, 0.2) is 0 Å². The highest BCUT2D eigenvalue weighted by Gasteiger charge is 2.35. The van der Waals surface area contributed by atoms with Gasteiger partial charge in [-0.3, -0.25) is 9.59 Å². The number of nitrogens with one attached hydrogen (secondary N) is 1. The first kappa shape index (κ1) is 16.1. The number of aryl methyl sites for hydroxylation is 1. The van der Waals surface area contributed by atoms with Crippen LogP contribution in [0.5, 0.6) is 0 Å². The molecule has 2 rings (SSSR count). The lowest BCUT2D eigenvalue weighted by Crippen LogP contribution is -2.52. The summed E-state index contributed by atoms with van der Waals surface area (Å²) in [6.07, 6.45) is 2.19. The van der Waals surface area contributed by atoms with Crippen LogP contribution in [0.2, 0.25) is 5.02 Å². The molecule has 1 atom stereocenters. The maximum absolute atomic E-state index is 12.1. The van der Waals surface area contributed by atoms with E-state index in [2.05, 4.69) is 5.32 Å². The number of carbonyl (C=O) groups excluding carboxylic acids is 2. The van der Waals surface area contributed by atoms with Crippen LogP contribution in [0, 0.1) is 0 Å². The number of benzene rings is 1. The van der Waals surface area contributed by atoms with Gasteiger partial charge in [0.1, 0.15) is 11.3 Å². The zero-order chi connectivity index (χ0) is 16.2. The third kappa shape index (κ3) is 3.68. The number of hydrogen-bond acceptors (Lipinski definition) is 3. The molecular formula is C16H17ClN2O3. The van der Waals surface area contributed by atoms with Gasteiger partial charge in [0.05, 0.1) is 6.26 Å². The lowest BCUT2D eigenvalue weighted by atomic mass is 9.91. The summed E-state index contributed by atoms with van der Waals surface area (Å²) in [4.78, 5) is 24.0. The molecule has 2 amide bonds. The van der Waals surface area contributed by atoms with Crippen LogP contribution >= 0.6 is 11.6 Å². The van der Waals surface area contributed by atoms with Crippen molar-refractivity contribution in [1.82, 2.24) is 5.32 Å². The Morgan fingerprint density at radius 1 is 1.32 bits per heavy atom. The monoisotopic (exact) mass is 320 g/mol. The number of furan rings is 1. The minimum absolute atomic E-state index is 0.191. The summed E-state index contributed by atoms with van der Waals surface area (Å²) in [5.41, 5.74) is 4.70. The number of amides is 2. The van der Waals surface area contributed by atoms with Gasteiger partial charge in [-0.15, -0.1) is 0 Å². The molecular weight excluding hydrogens is 304 g/mol. The number of carbonyl (C=O) groups is 2. The standard InChI is InChI=1S/C16H17ClN2O3/c1-16(15(18)21,11-4-2-5-12(17)10-11)19-14(20)8-7-13-6-3-9-22-13/h2-6,9-10H,7-8H2,1H3,(H2,18,21)(H,19,20). The molecule has 0 fully saturated rings. The molecule has 0 saturated carbocycles. The first-order valence-corrected chi connectivity index (χ1v) is 7.19. The minimum atomic E-state index is -1.31. The van der Waals surface area contributed by atoms with Crippen LogP contribution in [0.1, 0.15) is 24.7 Å². The molecule has 116 valence electrons. The van der Waals surface area contributed by atoms with E-state index in [1.807, 2.05) is 0 Å². The van der Waals surface area contributed by atoms with Crippen LogP contribution in [0.15, 0.2) is 47.1 Å². The number of hydrogen-bond donors (Lipinski definition) is 2. The fourth-order valence-corrected chi connectivity index (χ4v) is 2.30. The van der Waals surface area contributed by atoms with Crippen molar-refractivity contribution in [2.24, 2.45) is 5.73 Å². The molecule has 6 heteroatoms. The first-order chi connectivity index (χ1) is 10.4. The molecule has 22 heavy (non-hydrogen) atoms. The van der Waals surface area contributed by atoms with Gasteiger partial charge in [-0.2, -0.15) is 0 Å². The summed E-state index contributed by atoms with van der Waals surface area (Å²) < 4.78 is 5.17. The Morgan fingerprint density at radius 2 is 2.09 bits per heavy atom. The molecule has 1 aromatic heterocycles. The van der Waals surface area contributed by atoms with Crippen molar-refractivity contribution in [1.29, 1.82) is 0 Å². The smallest absolute Gasteiger partial charge is 0.247 e. The van der Waals surface area contributed by atoms with E-state index < -0.39 is 11.4 Å². The number of rotatable bonds is 6. The molecule has 0 aliphatic rings. The zero-order valence-corrected chi connectivity index (χ0v) is 12.9. The van der Waals surface area contributed by atoms with E-state index in [0.29, 0.717) is 22.8 Å². The number of primary amides is 1. The van der Waals surface area contributed by atoms with Gasteiger partial charge < -0.3 is 15.5 Å². The Morgan fingerprint density at radius 3 is 2.68 bits per heavy atom. The second-order valence-electron chi connectivity index (χ2n) is 5.13. The van der Waals surface area contributed by atoms with Gasteiger partial charge in [0.2, 0.25) is 11.8 Å². The second kappa shape index (κ2) is 6.66. The van der Waals surface area contributed by atoms with Crippen LogP contribution in [-0.2, 0) is 21.5 Å². The van der Waals surface area contributed by atoms with E-state index in [-0.39, 0.29) is 12.3 Å². The summed E-state index contributed by atoms with van der Waals surface area (Å²) in [5.74, 6) is -0.238. The lowest BCUT2D eigenvalue weighted by Gasteiger charge is -2.28. The molecule has 2 aromatic rings. The van der Waals surface area contributed by atoms with Crippen LogP contribution in [-0.4, -0.2) is 11.8 Å². The van der Waals surface area contributed by atoms with Gasteiger partial charge in [-0.1, -0.05) is 23.7 Å². The average molecular weight is 321 g/mol. The minimum Gasteiger partial charge on any atom is -0.469 e. The van der Waals surface area contributed by atoms with Crippen molar-refractivity contribution < 1.29 is 14.0 Å². The van der Waals surface area contributed by atoms with E-state index in [4.69, 9.17) is 21.8 Å². The van der Waals surface area contributed by atoms with E-state index in [1.54, 1.807) is 49.6 Å². The number of nitrogens with two attached hydrogens (primary N) is 1. The number of halogens is 1. The SMILES string of the molecule is CC(NC(=O)CCc1ccco1)(C(N)=O)c1cccc(Cl)c1. The van der Waals surface area contributed by atoms with Crippen LogP contribution in [0.4, 0.5) is 0 Å². The molecule has 0 spiro atoms. The van der Waals surface area contributed by atoms with Crippen LogP contribution in [0.25, 0.3) is 0 Å². The largest absolute Gasteiger partial charge is 0.469 e. The average Bonchev–Trinajstić information content (AvgIpc) is 2.98. The van der Waals surface area contributed by atoms with Gasteiger partial charge >= 0.3 is 0 Å². The third-order valence-corrected chi connectivity index (χ3v) is 3.70. The first-order valence-electron chi connectivity index (χ1n) is 6.81. The maximum Gasteiger partial charge on any atom is 0.247 e. The zero-order valence-electron chi connectivity index (χ0n) is 12.1. The van der Waals surface area contributed by atoms with Crippen molar-refractivity contribution in [2.45, 2.75) is 25.3 Å². The quantitative estimate of drug-likeness (QED) is 0.857. The normalized spacial score (nSPS) is 13.4. The summed E-state index contributed by atoms with van der Waals surface area (Å²) in [5, 5.41) is 3.15. The predicted octanol–water partition coefficient (Wildman–Crippen LogP) is 2.38. The van der Waals surface area contributed by atoms with Crippen molar-refractivity contribution in [3.8, 4) is 0 Å². The summed E-state index contributed by atoms with van der Waals surface area (Å²) in [6, 6.07) is 10.2. The highest BCUT2D eigenvalue weighted by atomic mass is 35.5. The molecule has 0 aliphatic carbocycles. The second-order valence-corrected chi connectivity index (χ2v) is 5.56. The lowest BCUT2D eigenvalue weighted by molar-refractivity contribution is -0.131. The van der Waals surface area contributed by atoms with Gasteiger partial charge in [0.25, 0.3) is 0 Å². The van der Waals surface area contributed by atoms with Gasteiger partial charge in [-0.05, 0) is 36.8 Å². The van der Waals surface area contributed by atoms with Crippen molar-refractivity contribution >= 4 is 23.4 Å². The molecule has 5 nitrogen and oxygen atoms in total. The van der Waals surface area contributed by atoms with Crippen molar-refractivity contribution in [3.05, 3.63) is 59.0 Å². The fraction of sp³-hybridized carbons (Fsp3) is 0.250. The molecule has 1 heterocycles. The molecule has 0 aliphatic heterocycles. The summed E-state index contributed by atoms with van der Waals surface area (Å²) >= 11 is 5.94. The van der Waals surface area contributed by atoms with E-state index in [0.717, 1.165) is 0 Å². The van der Waals surface area contributed by atoms with E-state index in [9.17, 15) is 9.59 Å². The Kier molecular flexibility index (Phi) is 4.88. The summed E-state index contributed by atoms with van der Waals surface area (Å²) in [7, 11) is 0. The Hall–Kier alpha value is -2.27. The molecule has 1 aromatic carbocycles. The highest BCUT2D eigenvalue weighted by molar-refractivity contribution is 6.30. The van der Waals surface area contributed by atoms with Crippen molar-refractivity contribution in [2.75, 3.05) is 0 Å². The third-order valence-electron chi connectivity index (χ3n) is 3.46. The van der Waals surface area contributed by atoms with E-state index in [1.165, 1.54) is 0 Å². The Balaban J connectivity index is 2.11. The fourth-order valence-electron chi connectivity index (χ4n) is 2.11. The molecule has 1 unspecified atom stereocenters. The predicted molar refractivity (Wildman–Crippen MR) is 83.2 cm³/mol. The van der Waals surface area contributed by atoms with E-state index >= 15 is 0 Å². The van der Waals surface area contributed by atoms with Crippen molar-refractivity contribution in [3.63, 3.8) is 0 Å². The van der Waals surface area contributed by atoms with Crippen LogP contribution in [0.3, 0.4) is 0 Å². The highest BCUT2D eigenvalue weighted by Crippen LogP contribution is 2.23. The topological polar surface area (TPSA) is 85.3 Å². The Labute approximate surface area is 133 Å². The summed E-state index contributed by atoms with van der Waals surface area (Å²) in [6.45, 7) is 1.56. The molecule has 0 radical (unpaired) electrons. The van der Waals surface area contributed by atoms with Gasteiger partial charge in [0, 0.05) is 17.9 Å². The molecule has 0 saturated heterocycles. The molecule has 3 N–H and O–H groups in total.